The number of nitrogens with zero attached hydrogens (tertiary/aromatic N) is 5. The van der Waals surface area contributed by atoms with Gasteiger partial charge < -0.3 is 25.5 Å². The molecule has 1 fully saturated rings. The summed E-state index contributed by atoms with van der Waals surface area (Å²) in [4.78, 5) is 21.3. The Morgan fingerprint density at radius 2 is 1.97 bits per heavy atom. The topological polar surface area (TPSA) is 107 Å². The van der Waals surface area contributed by atoms with E-state index in [1.165, 1.54) is 30.0 Å². The van der Waals surface area contributed by atoms with Crippen LogP contribution in [0.5, 0.6) is 0 Å². The number of likely N-dealkylation sites (N-methyl/N-ethyl adjacent to an activating group) is 1. The van der Waals surface area contributed by atoms with Crippen LogP contribution in [0.1, 0.15) is 6.42 Å². The molecular formula is C25H29ClFN7O2S. The molecule has 3 aromatic rings. The van der Waals surface area contributed by atoms with Crippen LogP contribution in [0, 0.1) is 5.82 Å². The number of anilines is 3. The van der Waals surface area contributed by atoms with Crippen LogP contribution in [0.25, 0.3) is 11.3 Å². The van der Waals surface area contributed by atoms with Gasteiger partial charge in [-0.2, -0.15) is 0 Å². The number of aliphatic hydroxyl groups excluding tert-OH is 1. The summed E-state index contributed by atoms with van der Waals surface area (Å²) in [6.07, 6.45) is 1.97. The Labute approximate surface area is 224 Å². The standard InChI is InChI=1S/C25H29ClFN7O2S/c1-33-8-10-34(11-9-33)7-5-24(36)30-23-15-18(4-6-28-23)29-22-16-21(31-32-25(22)37-13-12-35)19-14-17(26)2-3-20(19)27/h2-4,6,14-16,35H,5,7-13H2,1H3,(H2,28,29,30,31,36). The molecule has 0 aliphatic carbocycles. The summed E-state index contributed by atoms with van der Waals surface area (Å²) in [7, 11) is 2.10. The van der Waals surface area contributed by atoms with Crippen LogP contribution in [-0.2, 0) is 4.79 Å². The van der Waals surface area contributed by atoms with Crippen molar-refractivity contribution in [2.24, 2.45) is 0 Å². The Balaban J connectivity index is 1.47. The highest BCUT2D eigenvalue weighted by Crippen LogP contribution is 2.32. The number of hydrogen-bond acceptors (Lipinski definition) is 9. The Bertz CT molecular complexity index is 1230. The fourth-order valence-corrected chi connectivity index (χ4v) is 4.63. The first-order chi connectivity index (χ1) is 17.9. The van der Waals surface area contributed by atoms with Crippen LogP contribution in [0.3, 0.4) is 0 Å². The Hall–Kier alpha value is -2.83. The molecule has 2 aromatic heterocycles. The van der Waals surface area contributed by atoms with Gasteiger partial charge >= 0.3 is 0 Å². The van der Waals surface area contributed by atoms with Gasteiger partial charge in [0.1, 0.15) is 16.7 Å². The van der Waals surface area contributed by atoms with Gasteiger partial charge in [-0.25, -0.2) is 9.37 Å². The van der Waals surface area contributed by atoms with Gasteiger partial charge in [0.25, 0.3) is 0 Å². The van der Waals surface area contributed by atoms with Gasteiger partial charge in [-0.15, -0.1) is 22.0 Å². The second-order valence-corrected chi connectivity index (χ2v) is 10.2. The number of rotatable bonds is 10. The molecule has 1 aromatic carbocycles. The molecule has 1 saturated heterocycles. The zero-order chi connectivity index (χ0) is 26.2. The second-order valence-electron chi connectivity index (χ2n) is 8.64. The van der Waals surface area contributed by atoms with Gasteiger partial charge in [-0.1, -0.05) is 11.6 Å². The van der Waals surface area contributed by atoms with E-state index in [1.54, 1.807) is 24.4 Å². The maximum Gasteiger partial charge on any atom is 0.226 e. The largest absolute Gasteiger partial charge is 0.396 e. The summed E-state index contributed by atoms with van der Waals surface area (Å²) >= 11 is 7.37. The smallest absolute Gasteiger partial charge is 0.226 e. The van der Waals surface area contributed by atoms with Gasteiger partial charge in [0, 0.05) is 73.4 Å². The van der Waals surface area contributed by atoms with Crippen LogP contribution in [0.4, 0.5) is 21.6 Å². The molecule has 0 saturated carbocycles. The molecule has 3 N–H and O–H groups in total. The third-order valence-corrected chi connectivity index (χ3v) is 7.05. The Kier molecular flexibility index (Phi) is 9.64. The van der Waals surface area contributed by atoms with E-state index in [1.807, 2.05) is 0 Å². The lowest BCUT2D eigenvalue weighted by molar-refractivity contribution is -0.116. The lowest BCUT2D eigenvalue weighted by Crippen LogP contribution is -2.45. The maximum atomic E-state index is 14.5. The van der Waals surface area contributed by atoms with Crippen LogP contribution in [-0.4, -0.2) is 88.1 Å². The lowest BCUT2D eigenvalue weighted by atomic mass is 10.1. The van der Waals surface area contributed by atoms with E-state index in [2.05, 4.69) is 42.7 Å². The Morgan fingerprint density at radius 1 is 1.16 bits per heavy atom. The first kappa shape index (κ1) is 27.2. The molecule has 12 heteroatoms. The first-order valence-electron chi connectivity index (χ1n) is 11.9. The summed E-state index contributed by atoms with van der Waals surface area (Å²) in [5.74, 6) is 0.262. The number of aliphatic hydroxyl groups is 1. The van der Waals surface area contributed by atoms with E-state index >= 15 is 0 Å². The van der Waals surface area contributed by atoms with Crippen molar-refractivity contribution in [1.82, 2.24) is 25.0 Å². The molecule has 0 bridgehead atoms. The molecule has 0 spiro atoms. The molecule has 1 aliphatic rings. The van der Waals surface area contributed by atoms with Crippen molar-refractivity contribution in [2.45, 2.75) is 11.4 Å². The van der Waals surface area contributed by atoms with Crippen molar-refractivity contribution >= 4 is 46.5 Å². The average molecular weight is 546 g/mol. The van der Waals surface area contributed by atoms with Crippen LogP contribution in [0.2, 0.25) is 5.02 Å². The summed E-state index contributed by atoms with van der Waals surface area (Å²) < 4.78 is 14.5. The van der Waals surface area contributed by atoms with Crippen molar-refractivity contribution in [3.05, 3.63) is 53.4 Å². The third kappa shape index (κ3) is 7.83. The van der Waals surface area contributed by atoms with Crippen LogP contribution >= 0.6 is 23.4 Å². The minimum atomic E-state index is -0.467. The summed E-state index contributed by atoms with van der Waals surface area (Å²) in [6, 6.07) is 9.39. The van der Waals surface area contributed by atoms with Crippen molar-refractivity contribution in [1.29, 1.82) is 0 Å². The number of nitrogens with one attached hydrogen (secondary N) is 2. The zero-order valence-corrected chi connectivity index (χ0v) is 22.0. The van der Waals surface area contributed by atoms with Crippen LogP contribution < -0.4 is 10.6 Å². The number of benzene rings is 1. The predicted molar refractivity (Wildman–Crippen MR) is 145 cm³/mol. The maximum absolute atomic E-state index is 14.5. The highest BCUT2D eigenvalue weighted by atomic mass is 35.5. The Morgan fingerprint density at radius 3 is 2.76 bits per heavy atom. The molecule has 196 valence electrons. The summed E-state index contributed by atoms with van der Waals surface area (Å²) in [5, 5.41) is 24.7. The van der Waals surface area contributed by atoms with Gasteiger partial charge in [0.2, 0.25) is 5.91 Å². The molecule has 3 heterocycles. The van der Waals surface area contributed by atoms with Gasteiger partial charge in [-0.3, -0.25) is 4.79 Å². The number of amides is 1. The van der Waals surface area contributed by atoms with Crippen LogP contribution in [0.15, 0.2) is 47.6 Å². The lowest BCUT2D eigenvalue weighted by Gasteiger charge is -2.32. The number of piperazine rings is 1. The summed E-state index contributed by atoms with van der Waals surface area (Å²) in [6.45, 7) is 4.60. The summed E-state index contributed by atoms with van der Waals surface area (Å²) in [5.41, 5.74) is 1.76. The number of hydrogen-bond donors (Lipinski definition) is 3. The number of carbonyl (C=O) groups is 1. The zero-order valence-electron chi connectivity index (χ0n) is 20.5. The molecule has 9 nitrogen and oxygen atoms in total. The quantitative estimate of drug-likeness (QED) is 0.328. The average Bonchev–Trinajstić information content (AvgIpc) is 2.89. The van der Waals surface area contributed by atoms with E-state index in [9.17, 15) is 14.3 Å². The van der Waals surface area contributed by atoms with Gasteiger partial charge in [-0.05, 0) is 37.4 Å². The number of pyridine rings is 1. The number of carbonyl (C=O) groups excluding carboxylic acids is 1. The molecular weight excluding hydrogens is 517 g/mol. The first-order valence-corrected chi connectivity index (χ1v) is 13.3. The molecule has 0 radical (unpaired) electrons. The van der Waals surface area contributed by atoms with Crippen molar-refractivity contribution in [2.75, 3.05) is 62.8 Å². The minimum absolute atomic E-state index is 0.0317. The molecule has 1 amide bonds. The molecule has 0 unspecified atom stereocenters. The van der Waals surface area contributed by atoms with Crippen molar-refractivity contribution in [3.8, 4) is 11.3 Å². The SMILES string of the molecule is CN1CCN(CCC(=O)Nc2cc(Nc3cc(-c4cc(Cl)ccc4F)nnc3SCCO)ccn2)CC1. The predicted octanol–water partition coefficient (Wildman–Crippen LogP) is 3.74. The van der Waals surface area contributed by atoms with Crippen molar-refractivity contribution < 1.29 is 14.3 Å². The molecule has 0 atom stereocenters. The third-order valence-electron chi connectivity index (χ3n) is 5.85. The van der Waals surface area contributed by atoms with E-state index in [-0.39, 0.29) is 18.1 Å². The minimum Gasteiger partial charge on any atom is -0.396 e. The van der Waals surface area contributed by atoms with Crippen molar-refractivity contribution in [3.63, 3.8) is 0 Å². The second kappa shape index (κ2) is 13.1. The number of aromatic nitrogens is 3. The number of thioether (sulfide) groups is 1. The van der Waals surface area contributed by atoms with E-state index in [4.69, 9.17) is 11.6 Å². The highest BCUT2D eigenvalue weighted by Gasteiger charge is 2.16. The fraction of sp³-hybridized carbons (Fsp3) is 0.360. The van der Waals surface area contributed by atoms with E-state index in [0.717, 1.165) is 26.2 Å². The van der Waals surface area contributed by atoms with E-state index in [0.29, 0.717) is 51.7 Å². The van der Waals surface area contributed by atoms with E-state index < -0.39 is 5.82 Å². The fourth-order valence-electron chi connectivity index (χ4n) is 3.81. The normalized spacial score (nSPS) is 14.5. The molecule has 1 aliphatic heterocycles. The molecule has 4 rings (SSSR count). The highest BCUT2D eigenvalue weighted by molar-refractivity contribution is 7.99. The monoisotopic (exact) mass is 545 g/mol. The van der Waals surface area contributed by atoms with Gasteiger partial charge in [0.15, 0.2) is 0 Å². The number of halogens is 2. The molecule has 37 heavy (non-hydrogen) atoms. The van der Waals surface area contributed by atoms with Gasteiger partial charge in [0.05, 0.1) is 18.0 Å².